The fraction of sp³-hybridized carbons (Fsp3) is 0.312. The number of carbonyl (C=O) groups excluding carboxylic acids is 2. The molecule has 2 heterocycles. The lowest BCUT2D eigenvalue weighted by Gasteiger charge is -2.29. The Hall–Kier alpha value is -2.75. The Morgan fingerprint density at radius 2 is 2.11 bits per heavy atom. The molecule has 11 heteroatoms. The number of nitrogens with one attached hydrogen (secondary N) is 2. The summed E-state index contributed by atoms with van der Waals surface area (Å²) in [6.45, 7) is 0.934. The van der Waals surface area contributed by atoms with Crippen molar-refractivity contribution < 1.29 is 22.8 Å². The first-order chi connectivity index (χ1) is 12.7. The molecule has 0 saturated carbocycles. The molecule has 2 N–H and O–H groups in total. The maximum Gasteiger partial charge on any atom is 0.435 e. The van der Waals surface area contributed by atoms with Crippen LogP contribution in [0.1, 0.15) is 5.69 Å². The number of hydrogen-bond acceptors (Lipinski definition) is 4. The number of carbonyl (C=O) groups is 2. The second-order valence-corrected chi connectivity index (χ2v) is 6.29. The van der Waals surface area contributed by atoms with Crippen molar-refractivity contribution in [2.24, 2.45) is 0 Å². The Morgan fingerprint density at radius 3 is 2.74 bits per heavy atom. The van der Waals surface area contributed by atoms with Gasteiger partial charge in [0.15, 0.2) is 5.69 Å². The van der Waals surface area contributed by atoms with Gasteiger partial charge in [-0.05, 0) is 24.3 Å². The van der Waals surface area contributed by atoms with Gasteiger partial charge in [0.2, 0.25) is 11.8 Å². The van der Waals surface area contributed by atoms with Gasteiger partial charge in [-0.15, -0.1) is 0 Å². The molecule has 0 bridgehead atoms. The summed E-state index contributed by atoms with van der Waals surface area (Å²) in [6, 6.07) is 5.60. The summed E-state index contributed by atoms with van der Waals surface area (Å²) in [5.41, 5.74) is -0.0157. The molecular weight excluding hydrogens is 387 g/mol. The molecule has 0 atom stereocenters. The van der Waals surface area contributed by atoms with Crippen molar-refractivity contribution in [2.75, 3.05) is 29.9 Å². The van der Waals surface area contributed by atoms with E-state index in [9.17, 15) is 22.8 Å². The topological polar surface area (TPSA) is 79.3 Å². The van der Waals surface area contributed by atoms with E-state index >= 15 is 0 Å². The molecule has 2 aromatic rings. The summed E-state index contributed by atoms with van der Waals surface area (Å²) in [7, 11) is 0. The van der Waals surface area contributed by atoms with Gasteiger partial charge in [-0.3, -0.25) is 14.3 Å². The van der Waals surface area contributed by atoms with Gasteiger partial charge < -0.3 is 15.5 Å². The zero-order valence-corrected chi connectivity index (χ0v) is 14.6. The number of amides is 2. The zero-order chi connectivity index (χ0) is 19.6. The number of alkyl halides is 3. The molecular formula is C16H15ClF3N5O2. The van der Waals surface area contributed by atoms with E-state index in [1.54, 1.807) is 12.1 Å². The number of rotatable bonds is 4. The minimum absolute atomic E-state index is 0.104. The van der Waals surface area contributed by atoms with Gasteiger partial charge in [0, 0.05) is 25.0 Å². The normalized spacial score (nSPS) is 14.8. The van der Waals surface area contributed by atoms with E-state index < -0.39 is 17.8 Å². The molecule has 1 fully saturated rings. The van der Waals surface area contributed by atoms with Crippen LogP contribution in [-0.4, -0.2) is 41.2 Å². The fourth-order valence-electron chi connectivity index (χ4n) is 2.63. The summed E-state index contributed by atoms with van der Waals surface area (Å²) in [6.07, 6.45) is -3.48. The highest BCUT2D eigenvalue weighted by molar-refractivity contribution is 6.33. The predicted molar refractivity (Wildman–Crippen MR) is 92.5 cm³/mol. The Kier molecular flexibility index (Phi) is 5.26. The molecule has 1 aromatic carbocycles. The van der Waals surface area contributed by atoms with Crippen LogP contribution >= 0.6 is 11.6 Å². The summed E-state index contributed by atoms with van der Waals surface area (Å²) >= 11 is 6.24. The molecule has 0 aliphatic carbocycles. The van der Waals surface area contributed by atoms with Crippen LogP contribution < -0.4 is 15.5 Å². The van der Waals surface area contributed by atoms with Crippen molar-refractivity contribution in [3.8, 4) is 0 Å². The number of piperazine rings is 1. The molecule has 144 valence electrons. The van der Waals surface area contributed by atoms with E-state index in [1.807, 2.05) is 4.90 Å². The van der Waals surface area contributed by atoms with Crippen LogP contribution in [0.4, 0.5) is 24.5 Å². The zero-order valence-electron chi connectivity index (χ0n) is 13.9. The Labute approximate surface area is 157 Å². The van der Waals surface area contributed by atoms with Gasteiger partial charge in [0.05, 0.1) is 17.3 Å². The average Bonchev–Trinajstić information content (AvgIpc) is 3.03. The van der Waals surface area contributed by atoms with Crippen molar-refractivity contribution in [1.82, 2.24) is 15.1 Å². The number of aromatic nitrogens is 2. The van der Waals surface area contributed by atoms with Crippen LogP contribution in [0, 0.1) is 0 Å². The third kappa shape index (κ3) is 4.70. The Bertz CT molecular complexity index is 868. The predicted octanol–water partition coefficient (Wildman–Crippen LogP) is 2.13. The minimum atomic E-state index is -4.56. The summed E-state index contributed by atoms with van der Waals surface area (Å²) in [4.78, 5) is 25.3. The molecule has 1 aromatic heterocycles. The molecule has 1 aliphatic heterocycles. The van der Waals surface area contributed by atoms with Gasteiger partial charge in [0.1, 0.15) is 6.54 Å². The lowest BCUT2D eigenvalue weighted by Crippen LogP contribution is -2.47. The first kappa shape index (κ1) is 19.0. The number of hydrogen-bond donors (Lipinski definition) is 2. The van der Waals surface area contributed by atoms with Crippen LogP contribution in [0.2, 0.25) is 5.02 Å². The summed E-state index contributed by atoms with van der Waals surface area (Å²) in [5.74, 6) is -0.653. The van der Waals surface area contributed by atoms with E-state index in [0.717, 1.165) is 16.9 Å². The fourth-order valence-corrected chi connectivity index (χ4v) is 2.93. The number of nitrogens with zero attached hydrogens (tertiary/aromatic N) is 3. The lowest BCUT2D eigenvalue weighted by atomic mass is 10.2. The Morgan fingerprint density at radius 1 is 1.33 bits per heavy atom. The van der Waals surface area contributed by atoms with Gasteiger partial charge in [-0.2, -0.15) is 18.3 Å². The monoisotopic (exact) mass is 401 g/mol. The third-order valence-corrected chi connectivity index (χ3v) is 4.15. The van der Waals surface area contributed by atoms with E-state index in [-0.39, 0.29) is 19.0 Å². The molecule has 0 unspecified atom stereocenters. The van der Waals surface area contributed by atoms with Crippen LogP contribution in [0.3, 0.4) is 0 Å². The highest BCUT2D eigenvalue weighted by Crippen LogP contribution is 2.29. The minimum Gasteiger partial charge on any atom is -0.359 e. The maximum atomic E-state index is 12.5. The SMILES string of the molecule is O=C1CN(c2ccc(NC(=O)Cn3ccc(C(F)(F)F)n3)cc2Cl)CCN1. The smallest absolute Gasteiger partial charge is 0.359 e. The van der Waals surface area contributed by atoms with Crippen LogP contribution in [-0.2, 0) is 22.3 Å². The lowest BCUT2D eigenvalue weighted by molar-refractivity contribution is -0.141. The molecule has 27 heavy (non-hydrogen) atoms. The average molecular weight is 402 g/mol. The van der Waals surface area contributed by atoms with E-state index in [2.05, 4.69) is 15.7 Å². The molecule has 1 aliphatic rings. The molecule has 2 amide bonds. The second-order valence-electron chi connectivity index (χ2n) is 5.88. The third-order valence-electron chi connectivity index (χ3n) is 3.85. The van der Waals surface area contributed by atoms with Gasteiger partial charge >= 0.3 is 6.18 Å². The van der Waals surface area contributed by atoms with Crippen LogP contribution in [0.25, 0.3) is 0 Å². The van der Waals surface area contributed by atoms with Crippen LogP contribution in [0.15, 0.2) is 30.5 Å². The highest BCUT2D eigenvalue weighted by atomic mass is 35.5. The van der Waals surface area contributed by atoms with Crippen molar-refractivity contribution in [2.45, 2.75) is 12.7 Å². The van der Waals surface area contributed by atoms with Crippen molar-refractivity contribution >= 4 is 34.8 Å². The molecule has 3 rings (SSSR count). The summed E-state index contributed by atoms with van der Waals surface area (Å²) in [5, 5.41) is 8.94. The second kappa shape index (κ2) is 7.47. The largest absolute Gasteiger partial charge is 0.435 e. The standard InChI is InChI=1S/C16H15ClF3N5O2/c17-11-7-10(1-2-12(11)24-6-4-21-14(26)8-24)22-15(27)9-25-5-3-13(23-25)16(18,19)20/h1-3,5,7H,4,6,8-9H2,(H,21,26)(H,22,27). The van der Waals surface area contributed by atoms with Crippen molar-refractivity contribution in [3.63, 3.8) is 0 Å². The first-order valence-corrected chi connectivity index (χ1v) is 8.32. The quantitative estimate of drug-likeness (QED) is 0.822. The number of benzene rings is 1. The summed E-state index contributed by atoms with van der Waals surface area (Å²) < 4.78 is 38.5. The van der Waals surface area contributed by atoms with Crippen molar-refractivity contribution in [3.05, 3.63) is 41.2 Å². The molecule has 0 spiro atoms. The number of anilines is 2. The van der Waals surface area contributed by atoms with Gasteiger partial charge in [-0.1, -0.05) is 11.6 Å². The van der Waals surface area contributed by atoms with E-state index in [4.69, 9.17) is 11.6 Å². The molecule has 1 saturated heterocycles. The molecule has 7 nitrogen and oxygen atoms in total. The first-order valence-electron chi connectivity index (χ1n) is 7.94. The Balaban J connectivity index is 1.63. The molecule has 0 radical (unpaired) electrons. The van der Waals surface area contributed by atoms with E-state index in [1.165, 1.54) is 6.07 Å². The maximum absolute atomic E-state index is 12.5. The van der Waals surface area contributed by atoms with Crippen LogP contribution in [0.5, 0.6) is 0 Å². The van der Waals surface area contributed by atoms with Gasteiger partial charge in [0.25, 0.3) is 0 Å². The van der Waals surface area contributed by atoms with Crippen molar-refractivity contribution in [1.29, 1.82) is 0 Å². The van der Waals surface area contributed by atoms with Gasteiger partial charge in [-0.25, -0.2) is 0 Å². The highest BCUT2D eigenvalue weighted by Gasteiger charge is 2.33. The van der Waals surface area contributed by atoms with E-state index in [0.29, 0.717) is 29.5 Å². The number of halogens is 4.